The van der Waals surface area contributed by atoms with E-state index in [0.29, 0.717) is 16.3 Å². The molecule has 168 valence electrons. The van der Waals surface area contributed by atoms with Gasteiger partial charge in [-0.25, -0.2) is 8.42 Å². The number of benzene rings is 3. The molecule has 5 nitrogen and oxygen atoms in total. The van der Waals surface area contributed by atoms with Crippen LogP contribution in [0, 0.1) is 20.8 Å². The molecule has 3 aromatic carbocycles. The number of nitrogens with one attached hydrogen (secondary N) is 1. The highest BCUT2D eigenvalue weighted by Crippen LogP contribution is 2.29. The Hall–Kier alpha value is -2.83. The number of aryl methyl sites for hydroxylation is 3. The number of carbonyl (C=O) groups excluding carboxylic acids is 1. The molecule has 0 bridgehead atoms. The second-order valence-electron chi connectivity index (χ2n) is 7.90. The molecule has 0 aromatic heterocycles. The highest BCUT2D eigenvalue weighted by molar-refractivity contribution is 7.92. The van der Waals surface area contributed by atoms with Crippen molar-refractivity contribution in [1.29, 1.82) is 0 Å². The van der Waals surface area contributed by atoms with Crippen molar-refractivity contribution >= 4 is 33.2 Å². The Bertz CT molecular complexity index is 1230. The molecule has 3 aromatic rings. The fourth-order valence-electron chi connectivity index (χ4n) is 3.68. The lowest BCUT2D eigenvalue weighted by Crippen LogP contribution is -2.42. The first-order chi connectivity index (χ1) is 15.1. The molecule has 1 unspecified atom stereocenters. The molecule has 32 heavy (non-hydrogen) atoms. The molecule has 0 heterocycles. The van der Waals surface area contributed by atoms with Gasteiger partial charge in [-0.1, -0.05) is 59.6 Å². The van der Waals surface area contributed by atoms with Crippen LogP contribution < -0.4 is 9.62 Å². The van der Waals surface area contributed by atoms with Crippen molar-refractivity contribution in [1.82, 2.24) is 5.32 Å². The monoisotopic (exact) mass is 470 g/mol. The van der Waals surface area contributed by atoms with Gasteiger partial charge in [0.05, 0.1) is 16.6 Å². The molecule has 1 amide bonds. The zero-order valence-electron chi connectivity index (χ0n) is 18.6. The quantitative estimate of drug-likeness (QED) is 0.507. The summed E-state index contributed by atoms with van der Waals surface area (Å²) in [5, 5.41) is 3.33. The summed E-state index contributed by atoms with van der Waals surface area (Å²) in [7, 11) is -3.99. The molecule has 0 saturated carbocycles. The first-order valence-electron chi connectivity index (χ1n) is 10.3. The van der Waals surface area contributed by atoms with Crippen LogP contribution in [0.3, 0.4) is 0 Å². The fourth-order valence-corrected chi connectivity index (χ4v) is 5.34. The summed E-state index contributed by atoms with van der Waals surface area (Å²) in [6.45, 7) is 7.31. The van der Waals surface area contributed by atoms with Crippen LogP contribution in [-0.4, -0.2) is 20.9 Å². The Labute approximate surface area is 195 Å². The number of nitrogens with zero attached hydrogens (tertiary/aromatic N) is 1. The third-order valence-electron chi connectivity index (χ3n) is 5.33. The van der Waals surface area contributed by atoms with Gasteiger partial charge in [0.15, 0.2) is 0 Å². The van der Waals surface area contributed by atoms with Gasteiger partial charge in [-0.15, -0.1) is 0 Å². The Morgan fingerprint density at radius 2 is 1.66 bits per heavy atom. The minimum atomic E-state index is -3.99. The maximum atomic E-state index is 13.5. The van der Waals surface area contributed by atoms with E-state index >= 15 is 0 Å². The van der Waals surface area contributed by atoms with Crippen molar-refractivity contribution in [2.45, 2.75) is 38.6 Å². The zero-order chi connectivity index (χ0) is 23.5. The molecule has 0 spiro atoms. The number of amides is 1. The van der Waals surface area contributed by atoms with E-state index in [1.54, 1.807) is 43.3 Å². The van der Waals surface area contributed by atoms with Crippen LogP contribution in [0.25, 0.3) is 0 Å². The average Bonchev–Trinajstić information content (AvgIpc) is 2.74. The summed E-state index contributed by atoms with van der Waals surface area (Å²) in [5.41, 5.74) is 4.26. The van der Waals surface area contributed by atoms with Gasteiger partial charge < -0.3 is 5.32 Å². The van der Waals surface area contributed by atoms with Gasteiger partial charge in [0.25, 0.3) is 10.0 Å². The molecule has 7 heteroatoms. The molecular weight excluding hydrogens is 444 g/mol. The van der Waals surface area contributed by atoms with Crippen molar-refractivity contribution in [2.75, 3.05) is 10.8 Å². The predicted octanol–water partition coefficient (Wildman–Crippen LogP) is 5.34. The van der Waals surface area contributed by atoms with E-state index in [-0.39, 0.29) is 17.5 Å². The van der Waals surface area contributed by atoms with Crippen LogP contribution >= 0.6 is 11.6 Å². The Morgan fingerprint density at radius 3 is 2.31 bits per heavy atom. The van der Waals surface area contributed by atoms with E-state index in [0.717, 1.165) is 21.0 Å². The van der Waals surface area contributed by atoms with Gasteiger partial charge in [0, 0.05) is 5.02 Å². The number of carbonyl (C=O) groups is 1. The van der Waals surface area contributed by atoms with Crippen LogP contribution in [-0.2, 0) is 14.8 Å². The van der Waals surface area contributed by atoms with Crippen LogP contribution in [0.1, 0.15) is 35.2 Å². The Balaban J connectivity index is 1.94. The molecule has 0 fully saturated rings. The van der Waals surface area contributed by atoms with E-state index in [4.69, 9.17) is 11.6 Å². The number of hydrogen-bond acceptors (Lipinski definition) is 3. The summed E-state index contributed by atoms with van der Waals surface area (Å²) in [4.78, 5) is 13.1. The van der Waals surface area contributed by atoms with Crippen LogP contribution in [0.5, 0.6) is 0 Å². The molecule has 0 aliphatic rings. The molecule has 0 aliphatic carbocycles. The number of hydrogen-bond donors (Lipinski definition) is 1. The molecule has 0 saturated heterocycles. The lowest BCUT2D eigenvalue weighted by atomic mass is 10.0. The van der Waals surface area contributed by atoms with Gasteiger partial charge >= 0.3 is 0 Å². The molecular formula is C25H27ClN2O3S. The van der Waals surface area contributed by atoms with E-state index in [1.165, 1.54) is 12.1 Å². The summed E-state index contributed by atoms with van der Waals surface area (Å²) >= 11 is 6.17. The normalized spacial score (nSPS) is 12.3. The Kier molecular flexibility index (Phi) is 7.26. The predicted molar refractivity (Wildman–Crippen MR) is 130 cm³/mol. The smallest absolute Gasteiger partial charge is 0.264 e. The first-order valence-corrected chi connectivity index (χ1v) is 12.1. The van der Waals surface area contributed by atoms with Gasteiger partial charge in [0.2, 0.25) is 5.91 Å². The van der Waals surface area contributed by atoms with Crippen LogP contribution in [0.2, 0.25) is 5.02 Å². The third kappa shape index (κ3) is 5.31. The average molecular weight is 471 g/mol. The van der Waals surface area contributed by atoms with Crippen molar-refractivity contribution < 1.29 is 13.2 Å². The van der Waals surface area contributed by atoms with Gasteiger partial charge in [0.1, 0.15) is 6.54 Å². The minimum absolute atomic E-state index is 0.106. The molecule has 3 rings (SSSR count). The fraction of sp³-hybridized carbons (Fsp3) is 0.240. The lowest BCUT2D eigenvalue weighted by molar-refractivity contribution is -0.120. The van der Waals surface area contributed by atoms with Crippen LogP contribution in [0.4, 0.5) is 5.69 Å². The van der Waals surface area contributed by atoms with Crippen molar-refractivity contribution in [2.24, 2.45) is 0 Å². The third-order valence-corrected chi connectivity index (χ3v) is 7.34. The van der Waals surface area contributed by atoms with E-state index in [1.807, 2.05) is 32.9 Å². The largest absolute Gasteiger partial charge is 0.348 e. The number of halogens is 1. The van der Waals surface area contributed by atoms with Crippen molar-refractivity contribution in [3.8, 4) is 0 Å². The van der Waals surface area contributed by atoms with E-state index in [2.05, 4.69) is 11.4 Å². The summed E-state index contributed by atoms with van der Waals surface area (Å²) < 4.78 is 28.1. The molecule has 0 aliphatic heterocycles. The second kappa shape index (κ2) is 9.76. The molecule has 0 radical (unpaired) electrons. The summed E-state index contributed by atoms with van der Waals surface area (Å²) in [5.74, 6) is -0.406. The molecule has 1 N–H and O–H groups in total. The van der Waals surface area contributed by atoms with Crippen LogP contribution in [0.15, 0.2) is 71.6 Å². The number of sulfonamides is 1. The maximum Gasteiger partial charge on any atom is 0.264 e. The first kappa shape index (κ1) is 23.8. The highest BCUT2D eigenvalue weighted by Gasteiger charge is 2.29. The van der Waals surface area contributed by atoms with Gasteiger partial charge in [-0.05, 0) is 68.7 Å². The number of anilines is 1. The van der Waals surface area contributed by atoms with Crippen molar-refractivity contribution in [3.63, 3.8) is 0 Å². The standard InChI is InChI=1S/C25H27ClN2O3S/c1-17-10-13-23(19(3)14-17)20(4)27-25(29)16-28(24-15-21(26)12-11-18(24)2)32(30,31)22-8-6-5-7-9-22/h5-15,20H,16H2,1-4H3,(H,27,29). The SMILES string of the molecule is Cc1ccc(C(C)NC(=O)CN(c2cc(Cl)ccc2C)S(=O)(=O)c2ccccc2)c(C)c1. The summed E-state index contributed by atoms with van der Waals surface area (Å²) in [6, 6.07) is 18.8. The van der Waals surface area contributed by atoms with E-state index < -0.39 is 15.9 Å². The van der Waals surface area contributed by atoms with Gasteiger partial charge in [-0.3, -0.25) is 9.10 Å². The highest BCUT2D eigenvalue weighted by atomic mass is 35.5. The van der Waals surface area contributed by atoms with E-state index in [9.17, 15) is 13.2 Å². The minimum Gasteiger partial charge on any atom is -0.348 e. The zero-order valence-corrected chi connectivity index (χ0v) is 20.2. The second-order valence-corrected chi connectivity index (χ2v) is 10.2. The molecule has 1 atom stereocenters. The topological polar surface area (TPSA) is 66.5 Å². The summed E-state index contributed by atoms with van der Waals surface area (Å²) in [6.07, 6.45) is 0. The Morgan fingerprint density at radius 1 is 0.969 bits per heavy atom. The van der Waals surface area contributed by atoms with Crippen molar-refractivity contribution in [3.05, 3.63) is 94.0 Å². The number of rotatable bonds is 7. The van der Waals surface area contributed by atoms with Gasteiger partial charge in [-0.2, -0.15) is 0 Å². The maximum absolute atomic E-state index is 13.5. The lowest BCUT2D eigenvalue weighted by Gasteiger charge is -2.27.